The Labute approximate surface area is 140 Å². The molecule has 3 aliphatic heterocycles. The summed E-state index contributed by atoms with van der Waals surface area (Å²) in [6.45, 7) is 0.795. The van der Waals surface area contributed by atoms with Gasteiger partial charge >= 0.3 is 0 Å². The number of aromatic nitrogens is 2. The summed E-state index contributed by atoms with van der Waals surface area (Å²) in [5.41, 5.74) is 2.33. The van der Waals surface area contributed by atoms with Crippen LogP contribution in [0.3, 0.4) is 0 Å². The van der Waals surface area contributed by atoms with E-state index in [1.807, 2.05) is 18.3 Å². The zero-order chi connectivity index (χ0) is 16.7. The van der Waals surface area contributed by atoms with Crippen LogP contribution in [0, 0.1) is 11.8 Å². The van der Waals surface area contributed by atoms with Gasteiger partial charge in [-0.05, 0) is 12.0 Å². The van der Waals surface area contributed by atoms with E-state index in [2.05, 4.69) is 21.7 Å². The van der Waals surface area contributed by atoms with Crippen LogP contribution in [0.1, 0.15) is 18.0 Å². The van der Waals surface area contributed by atoms with Crippen molar-refractivity contribution in [1.29, 1.82) is 0 Å². The molecule has 1 aromatic carbocycles. The van der Waals surface area contributed by atoms with Crippen molar-refractivity contribution in [3.05, 3.63) is 42.4 Å². The van der Waals surface area contributed by atoms with Crippen molar-refractivity contribution in [3.63, 3.8) is 0 Å². The van der Waals surface area contributed by atoms with Crippen LogP contribution in [-0.4, -0.2) is 52.3 Å². The molecule has 24 heavy (non-hydrogen) atoms. The van der Waals surface area contributed by atoms with Crippen LogP contribution in [0.5, 0.6) is 0 Å². The Hall–Kier alpha value is -1.70. The summed E-state index contributed by atoms with van der Waals surface area (Å²) >= 11 is 0. The molecule has 0 spiro atoms. The van der Waals surface area contributed by atoms with Gasteiger partial charge in [0.1, 0.15) is 0 Å². The topological polar surface area (TPSA) is 75.4 Å². The lowest BCUT2D eigenvalue weighted by Gasteiger charge is -2.61. The predicted molar refractivity (Wildman–Crippen MR) is 88.8 cm³/mol. The molecule has 1 aliphatic carbocycles. The Balaban J connectivity index is 1.59. The monoisotopic (exact) mass is 345 g/mol. The van der Waals surface area contributed by atoms with Crippen LogP contribution in [0.15, 0.2) is 36.8 Å². The SMILES string of the molecule is CS(=O)(=O)N1CC2CC(C1)C2(O)C1c2ccccc2-c2cncn21. The summed E-state index contributed by atoms with van der Waals surface area (Å²) in [6, 6.07) is 7.93. The van der Waals surface area contributed by atoms with Crippen molar-refractivity contribution in [2.45, 2.75) is 18.1 Å². The lowest BCUT2D eigenvalue weighted by atomic mass is 9.54. The van der Waals surface area contributed by atoms with E-state index in [9.17, 15) is 13.5 Å². The second-order valence-corrected chi connectivity index (χ2v) is 9.26. The van der Waals surface area contributed by atoms with Gasteiger partial charge in [-0.3, -0.25) is 0 Å². The third-order valence-corrected chi connectivity index (χ3v) is 7.34. The second kappa shape index (κ2) is 4.47. The standard InChI is InChI=1S/C17H19N3O3S/c1-24(22,23)19-8-11-6-12(9-19)17(11,21)16-14-5-3-2-4-13(14)15-7-18-10-20(15)16/h2-5,7,10-12,16,21H,6,8-9H2,1H3. The van der Waals surface area contributed by atoms with Crippen molar-refractivity contribution in [3.8, 4) is 11.3 Å². The van der Waals surface area contributed by atoms with Crippen molar-refractivity contribution in [2.24, 2.45) is 11.8 Å². The highest BCUT2D eigenvalue weighted by Crippen LogP contribution is 2.59. The van der Waals surface area contributed by atoms with Gasteiger partial charge in [0, 0.05) is 30.5 Å². The maximum atomic E-state index is 11.9. The molecule has 126 valence electrons. The van der Waals surface area contributed by atoms with Crippen molar-refractivity contribution in [1.82, 2.24) is 13.9 Å². The third kappa shape index (κ3) is 1.67. The number of benzene rings is 1. The molecule has 0 radical (unpaired) electrons. The zero-order valence-electron chi connectivity index (χ0n) is 13.3. The molecule has 0 amide bonds. The molecule has 2 aromatic rings. The predicted octanol–water partition coefficient (Wildman–Crippen LogP) is 1.10. The first kappa shape index (κ1) is 14.6. The smallest absolute Gasteiger partial charge is 0.211 e. The van der Waals surface area contributed by atoms with Gasteiger partial charge in [-0.2, -0.15) is 0 Å². The molecule has 1 aromatic heterocycles. The fraction of sp³-hybridized carbons (Fsp3) is 0.471. The van der Waals surface area contributed by atoms with E-state index in [1.165, 1.54) is 10.6 Å². The van der Waals surface area contributed by atoms with Crippen LogP contribution in [0.25, 0.3) is 11.3 Å². The van der Waals surface area contributed by atoms with E-state index in [-0.39, 0.29) is 17.9 Å². The Kier molecular flexibility index (Phi) is 2.73. The Bertz CT molecular complexity index is 924. The first-order valence-corrected chi connectivity index (χ1v) is 10.0. The molecular weight excluding hydrogens is 326 g/mol. The highest BCUT2D eigenvalue weighted by atomic mass is 32.2. The average molecular weight is 345 g/mol. The number of imidazole rings is 1. The molecule has 2 saturated heterocycles. The lowest BCUT2D eigenvalue weighted by Crippen LogP contribution is -2.70. The highest BCUT2D eigenvalue weighted by Gasteiger charge is 2.64. The molecule has 7 heteroatoms. The first-order valence-electron chi connectivity index (χ1n) is 8.19. The van der Waals surface area contributed by atoms with Gasteiger partial charge in [0.2, 0.25) is 10.0 Å². The summed E-state index contributed by atoms with van der Waals surface area (Å²) in [5.74, 6) is -0.0882. The number of aliphatic hydroxyl groups is 1. The van der Waals surface area contributed by atoms with E-state index in [1.54, 1.807) is 6.33 Å². The normalized spacial score (nSPS) is 34.5. The number of rotatable bonds is 2. The summed E-state index contributed by atoms with van der Waals surface area (Å²) < 4.78 is 27.3. The van der Waals surface area contributed by atoms with E-state index >= 15 is 0 Å². The van der Waals surface area contributed by atoms with Gasteiger partial charge in [0.15, 0.2) is 0 Å². The van der Waals surface area contributed by atoms with Crippen LogP contribution >= 0.6 is 0 Å². The molecule has 3 atom stereocenters. The maximum absolute atomic E-state index is 11.9. The second-order valence-electron chi connectivity index (χ2n) is 7.27. The largest absolute Gasteiger partial charge is 0.387 e. The molecular formula is C17H19N3O3S. The minimum atomic E-state index is -3.21. The minimum Gasteiger partial charge on any atom is -0.387 e. The maximum Gasteiger partial charge on any atom is 0.211 e. The summed E-state index contributed by atoms with van der Waals surface area (Å²) in [6.07, 6.45) is 5.74. The number of nitrogens with zero attached hydrogens (tertiary/aromatic N) is 3. The van der Waals surface area contributed by atoms with E-state index in [0.717, 1.165) is 23.2 Å². The molecule has 2 bridgehead atoms. The van der Waals surface area contributed by atoms with Gasteiger partial charge < -0.3 is 9.67 Å². The van der Waals surface area contributed by atoms with E-state index < -0.39 is 15.6 Å². The Morgan fingerprint density at radius 1 is 1.25 bits per heavy atom. The van der Waals surface area contributed by atoms with Crippen LogP contribution in [0.4, 0.5) is 0 Å². The fourth-order valence-corrected chi connectivity index (χ4v) is 5.83. The van der Waals surface area contributed by atoms with Gasteiger partial charge in [0.25, 0.3) is 0 Å². The van der Waals surface area contributed by atoms with Gasteiger partial charge in [-0.15, -0.1) is 0 Å². The number of hydrogen-bond acceptors (Lipinski definition) is 4. The number of hydrogen-bond donors (Lipinski definition) is 1. The highest BCUT2D eigenvalue weighted by molar-refractivity contribution is 7.88. The van der Waals surface area contributed by atoms with E-state index in [0.29, 0.717) is 13.1 Å². The zero-order valence-corrected chi connectivity index (χ0v) is 14.1. The Morgan fingerprint density at radius 3 is 2.67 bits per heavy atom. The molecule has 1 N–H and O–H groups in total. The molecule has 1 saturated carbocycles. The summed E-state index contributed by atoms with van der Waals surface area (Å²) in [4.78, 5) is 4.26. The van der Waals surface area contributed by atoms with Crippen molar-refractivity contribution >= 4 is 10.0 Å². The molecule has 3 fully saturated rings. The lowest BCUT2D eigenvalue weighted by molar-refractivity contribution is -0.202. The first-order chi connectivity index (χ1) is 11.4. The molecule has 4 heterocycles. The fourth-order valence-electron chi connectivity index (χ4n) is 4.93. The van der Waals surface area contributed by atoms with Gasteiger partial charge in [0.05, 0.1) is 36.1 Å². The van der Waals surface area contributed by atoms with Crippen molar-refractivity contribution in [2.75, 3.05) is 19.3 Å². The van der Waals surface area contributed by atoms with Gasteiger partial charge in [-0.1, -0.05) is 24.3 Å². The Morgan fingerprint density at radius 2 is 1.96 bits per heavy atom. The molecule has 3 unspecified atom stereocenters. The number of sulfonamides is 1. The summed E-state index contributed by atoms with van der Waals surface area (Å²) in [7, 11) is -3.21. The van der Waals surface area contributed by atoms with Crippen molar-refractivity contribution < 1.29 is 13.5 Å². The summed E-state index contributed by atoms with van der Waals surface area (Å²) in [5, 5.41) is 11.6. The molecule has 4 aliphatic rings. The number of piperidine rings is 2. The molecule has 6 nitrogen and oxygen atoms in total. The van der Waals surface area contributed by atoms with Gasteiger partial charge in [-0.25, -0.2) is 17.7 Å². The van der Waals surface area contributed by atoms with E-state index in [4.69, 9.17) is 0 Å². The minimum absolute atomic E-state index is 0.0441. The average Bonchev–Trinajstić information content (AvgIpc) is 3.14. The van der Waals surface area contributed by atoms with Crippen LogP contribution in [0.2, 0.25) is 0 Å². The quantitative estimate of drug-likeness (QED) is 0.884. The number of fused-ring (bicyclic) bond motifs is 5. The molecule has 6 rings (SSSR count). The van der Waals surface area contributed by atoms with Crippen LogP contribution < -0.4 is 0 Å². The van der Waals surface area contributed by atoms with Crippen LogP contribution in [-0.2, 0) is 10.0 Å². The third-order valence-electron chi connectivity index (χ3n) is 6.11.